The van der Waals surface area contributed by atoms with Gasteiger partial charge in [-0.2, -0.15) is 4.98 Å². The predicted octanol–water partition coefficient (Wildman–Crippen LogP) is 2.30. The van der Waals surface area contributed by atoms with Crippen LogP contribution in [0.15, 0.2) is 30.5 Å². The summed E-state index contributed by atoms with van der Waals surface area (Å²) < 4.78 is 0. The molecule has 0 bridgehead atoms. The summed E-state index contributed by atoms with van der Waals surface area (Å²) in [5, 5.41) is 13.5. The molecule has 2 heterocycles. The van der Waals surface area contributed by atoms with Gasteiger partial charge in [0.05, 0.1) is 11.1 Å². The number of non-ortho nitro benzene ring substituents is 1. The Balaban J connectivity index is 1.81. The first-order valence-electron chi connectivity index (χ1n) is 8.31. The number of nitro benzene ring substituents is 1. The quantitative estimate of drug-likeness (QED) is 0.647. The molecule has 1 amide bonds. The maximum absolute atomic E-state index is 12.4. The van der Waals surface area contributed by atoms with Crippen molar-refractivity contribution in [3.05, 3.63) is 46.1 Å². The third-order valence-electron chi connectivity index (χ3n) is 4.16. The normalized spacial score (nSPS) is 13.5. The number of rotatable bonds is 5. The van der Waals surface area contributed by atoms with Gasteiger partial charge in [-0.1, -0.05) is 0 Å². The molecule has 1 fully saturated rings. The van der Waals surface area contributed by atoms with Crippen molar-refractivity contribution < 1.29 is 9.72 Å². The largest absolute Gasteiger partial charge is 0.361 e. The number of nitrogens with zero attached hydrogens (tertiary/aromatic N) is 5. The molecule has 3 rings (SSSR count). The standard InChI is InChI=1S/C17H20N6O3/c1-21(2)15-14(11-18-17(20-15)22-9-3-4-10-22)19-16(24)12-5-7-13(8-6-12)23(25)26/h5-8,11H,3-4,9-10H2,1-2H3,(H,19,24). The highest BCUT2D eigenvalue weighted by molar-refractivity contribution is 6.05. The number of benzene rings is 1. The van der Waals surface area contributed by atoms with Crippen LogP contribution in [0.3, 0.4) is 0 Å². The van der Waals surface area contributed by atoms with Gasteiger partial charge < -0.3 is 15.1 Å². The second kappa shape index (κ2) is 7.34. The van der Waals surface area contributed by atoms with E-state index in [0.29, 0.717) is 23.0 Å². The fourth-order valence-electron chi connectivity index (χ4n) is 2.79. The van der Waals surface area contributed by atoms with Crippen molar-refractivity contribution in [1.29, 1.82) is 0 Å². The van der Waals surface area contributed by atoms with Gasteiger partial charge in [-0.25, -0.2) is 4.98 Å². The molecule has 2 aromatic rings. The zero-order valence-electron chi connectivity index (χ0n) is 14.7. The van der Waals surface area contributed by atoms with Gasteiger partial charge in [-0.15, -0.1) is 0 Å². The summed E-state index contributed by atoms with van der Waals surface area (Å²) in [5.74, 6) is 0.886. The molecule has 1 aromatic carbocycles. The second-order valence-electron chi connectivity index (χ2n) is 6.25. The van der Waals surface area contributed by atoms with Gasteiger partial charge in [0, 0.05) is 44.9 Å². The molecule has 0 atom stereocenters. The smallest absolute Gasteiger partial charge is 0.269 e. The van der Waals surface area contributed by atoms with E-state index in [-0.39, 0.29) is 11.6 Å². The van der Waals surface area contributed by atoms with Crippen molar-refractivity contribution in [2.24, 2.45) is 0 Å². The van der Waals surface area contributed by atoms with E-state index in [1.54, 1.807) is 6.20 Å². The Morgan fingerprint density at radius 2 is 1.88 bits per heavy atom. The molecular weight excluding hydrogens is 336 g/mol. The fourth-order valence-corrected chi connectivity index (χ4v) is 2.79. The molecule has 1 saturated heterocycles. The van der Waals surface area contributed by atoms with Gasteiger partial charge >= 0.3 is 0 Å². The summed E-state index contributed by atoms with van der Waals surface area (Å²) in [4.78, 5) is 35.5. The molecule has 0 spiro atoms. The van der Waals surface area contributed by atoms with E-state index in [0.717, 1.165) is 25.9 Å². The third kappa shape index (κ3) is 3.71. The molecule has 0 saturated carbocycles. The van der Waals surface area contributed by atoms with Gasteiger partial charge in [0.1, 0.15) is 5.69 Å². The highest BCUT2D eigenvalue weighted by Gasteiger charge is 2.19. The van der Waals surface area contributed by atoms with Crippen LogP contribution in [0, 0.1) is 10.1 Å². The minimum atomic E-state index is -0.503. The summed E-state index contributed by atoms with van der Waals surface area (Å²) in [6.07, 6.45) is 3.85. The minimum Gasteiger partial charge on any atom is -0.361 e. The third-order valence-corrected chi connectivity index (χ3v) is 4.16. The Hall–Kier alpha value is -3.23. The molecule has 1 aliphatic rings. The fraction of sp³-hybridized carbons (Fsp3) is 0.353. The van der Waals surface area contributed by atoms with Gasteiger partial charge in [-0.3, -0.25) is 14.9 Å². The molecule has 0 radical (unpaired) electrons. The molecule has 0 aliphatic carbocycles. The number of hydrogen-bond donors (Lipinski definition) is 1. The van der Waals surface area contributed by atoms with Crippen molar-refractivity contribution in [1.82, 2.24) is 9.97 Å². The Kier molecular flexibility index (Phi) is 4.97. The summed E-state index contributed by atoms with van der Waals surface area (Å²) in [5.41, 5.74) is 0.749. The number of nitro groups is 1. The van der Waals surface area contributed by atoms with Crippen LogP contribution >= 0.6 is 0 Å². The lowest BCUT2D eigenvalue weighted by Gasteiger charge is -2.21. The summed E-state index contributed by atoms with van der Waals surface area (Å²) in [7, 11) is 3.69. The average molecular weight is 356 g/mol. The summed E-state index contributed by atoms with van der Waals surface area (Å²) >= 11 is 0. The van der Waals surface area contributed by atoms with E-state index >= 15 is 0 Å². The van der Waals surface area contributed by atoms with Crippen LogP contribution in [0.2, 0.25) is 0 Å². The zero-order chi connectivity index (χ0) is 18.7. The van der Waals surface area contributed by atoms with E-state index in [9.17, 15) is 14.9 Å². The molecular formula is C17H20N6O3. The molecule has 1 aliphatic heterocycles. The Morgan fingerprint density at radius 1 is 1.23 bits per heavy atom. The van der Waals surface area contributed by atoms with Crippen molar-refractivity contribution in [2.45, 2.75) is 12.8 Å². The van der Waals surface area contributed by atoms with E-state index < -0.39 is 4.92 Å². The number of carbonyl (C=O) groups is 1. The second-order valence-corrected chi connectivity index (χ2v) is 6.25. The van der Waals surface area contributed by atoms with E-state index in [1.807, 2.05) is 19.0 Å². The van der Waals surface area contributed by atoms with Crippen molar-refractivity contribution in [3.8, 4) is 0 Å². The first-order valence-corrected chi connectivity index (χ1v) is 8.31. The first-order chi connectivity index (χ1) is 12.5. The van der Waals surface area contributed by atoms with E-state index in [4.69, 9.17) is 0 Å². The van der Waals surface area contributed by atoms with Crippen molar-refractivity contribution in [2.75, 3.05) is 42.3 Å². The molecule has 136 valence electrons. The number of carbonyl (C=O) groups excluding carboxylic acids is 1. The maximum Gasteiger partial charge on any atom is 0.269 e. The van der Waals surface area contributed by atoms with Crippen LogP contribution in [0.4, 0.5) is 23.1 Å². The lowest BCUT2D eigenvalue weighted by Crippen LogP contribution is -2.23. The van der Waals surface area contributed by atoms with Crippen molar-refractivity contribution >= 4 is 29.0 Å². The van der Waals surface area contributed by atoms with Crippen LogP contribution in [0.25, 0.3) is 0 Å². The minimum absolute atomic E-state index is 0.0613. The predicted molar refractivity (Wildman–Crippen MR) is 98.9 cm³/mol. The Bertz CT molecular complexity index is 816. The Morgan fingerprint density at radius 3 is 2.46 bits per heavy atom. The highest BCUT2D eigenvalue weighted by atomic mass is 16.6. The monoisotopic (exact) mass is 356 g/mol. The molecule has 9 heteroatoms. The van der Waals surface area contributed by atoms with Crippen LogP contribution in [-0.4, -0.2) is 48.0 Å². The van der Waals surface area contributed by atoms with E-state index in [1.165, 1.54) is 24.3 Å². The SMILES string of the molecule is CN(C)c1nc(N2CCCC2)ncc1NC(=O)c1ccc([N+](=O)[O-])cc1. The number of nitrogens with one attached hydrogen (secondary N) is 1. The van der Waals surface area contributed by atoms with Gasteiger partial charge in [0.25, 0.3) is 11.6 Å². The highest BCUT2D eigenvalue weighted by Crippen LogP contribution is 2.26. The molecule has 1 N–H and O–H groups in total. The number of hydrogen-bond acceptors (Lipinski definition) is 7. The molecule has 0 unspecified atom stereocenters. The lowest BCUT2D eigenvalue weighted by molar-refractivity contribution is -0.384. The summed E-state index contributed by atoms with van der Waals surface area (Å²) in [6.45, 7) is 1.86. The molecule has 26 heavy (non-hydrogen) atoms. The maximum atomic E-state index is 12.4. The van der Waals surface area contributed by atoms with Crippen LogP contribution < -0.4 is 15.1 Å². The number of anilines is 3. The van der Waals surface area contributed by atoms with Gasteiger partial charge in [-0.05, 0) is 25.0 Å². The molecule has 9 nitrogen and oxygen atoms in total. The van der Waals surface area contributed by atoms with Gasteiger partial charge in [0.15, 0.2) is 5.82 Å². The van der Waals surface area contributed by atoms with Crippen molar-refractivity contribution in [3.63, 3.8) is 0 Å². The lowest BCUT2D eigenvalue weighted by atomic mass is 10.2. The zero-order valence-corrected chi connectivity index (χ0v) is 14.7. The van der Waals surface area contributed by atoms with Crippen LogP contribution in [-0.2, 0) is 0 Å². The topological polar surface area (TPSA) is 104 Å². The van der Waals surface area contributed by atoms with Crippen LogP contribution in [0.1, 0.15) is 23.2 Å². The number of aromatic nitrogens is 2. The van der Waals surface area contributed by atoms with E-state index in [2.05, 4.69) is 20.2 Å². The Labute approximate surface area is 150 Å². The first kappa shape index (κ1) is 17.6. The number of amides is 1. The average Bonchev–Trinajstić information content (AvgIpc) is 3.16. The molecule has 1 aromatic heterocycles. The summed E-state index contributed by atoms with van der Waals surface area (Å²) in [6, 6.07) is 5.44. The van der Waals surface area contributed by atoms with Crippen LogP contribution in [0.5, 0.6) is 0 Å². The van der Waals surface area contributed by atoms with Gasteiger partial charge in [0.2, 0.25) is 5.95 Å².